The minimum absolute atomic E-state index is 0.0667. The van der Waals surface area contributed by atoms with E-state index in [-0.39, 0.29) is 5.78 Å². The first-order valence-electron chi connectivity index (χ1n) is 5.86. The minimum atomic E-state index is 0.0667. The predicted molar refractivity (Wildman–Crippen MR) is 60.6 cm³/mol. The van der Waals surface area contributed by atoms with Crippen molar-refractivity contribution < 1.29 is 9.59 Å². The Hall–Kier alpha value is -0.920. The average molecular weight is 208 g/mol. The average Bonchev–Trinajstić information content (AvgIpc) is 2.25. The molecule has 84 valence electrons. The highest BCUT2D eigenvalue weighted by Crippen LogP contribution is 2.26. The van der Waals surface area contributed by atoms with Crippen molar-refractivity contribution >= 4 is 12.1 Å². The van der Waals surface area contributed by atoms with Gasteiger partial charge >= 0.3 is 0 Å². The fourth-order valence-corrected chi connectivity index (χ4v) is 2.19. The molecule has 0 aromatic heterocycles. The summed E-state index contributed by atoms with van der Waals surface area (Å²) in [5.74, 6) is 0.803. The number of Topliss-reactive ketones (excluding diaryl/α,β-unsaturated/α-hetero) is 1. The largest absolute Gasteiger partial charge is 0.300 e. The van der Waals surface area contributed by atoms with Crippen LogP contribution in [-0.2, 0) is 9.59 Å². The highest BCUT2D eigenvalue weighted by Gasteiger charge is 2.12. The Balaban J connectivity index is 2.38. The van der Waals surface area contributed by atoms with E-state index in [0.29, 0.717) is 12.0 Å². The third kappa shape index (κ3) is 4.91. The summed E-state index contributed by atoms with van der Waals surface area (Å²) >= 11 is 0. The molecule has 1 fully saturated rings. The summed E-state index contributed by atoms with van der Waals surface area (Å²) in [6.07, 6.45) is 10.6. The molecule has 1 aliphatic rings. The monoisotopic (exact) mass is 208 g/mol. The van der Waals surface area contributed by atoms with Gasteiger partial charge in [-0.3, -0.25) is 9.59 Å². The molecule has 0 saturated heterocycles. The van der Waals surface area contributed by atoms with E-state index in [2.05, 4.69) is 0 Å². The Kier molecular flexibility index (Phi) is 5.30. The fraction of sp³-hybridized carbons (Fsp3) is 0.692. The van der Waals surface area contributed by atoms with Gasteiger partial charge in [0.15, 0.2) is 0 Å². The van der Waals surface area contributed by atoms with Crippen molar-refractivity contribution in [3.63, 3.8) is 0 Å². The molecule has 0 spiro atoms. The summed E-state index contributed by atoms with van der Waals surface area (Å²) in [5, 5.41) is 0. The first-order valence-corrected chi connectivity index (χ1v) is 5.86. The lowest BCUT2D eigenvalue weighted by Gasteiger charge is -2.19. The zero-order valence-electron chi connectivity index (χ0n) is 9.50. The molecule has 0 amide bonds. The molecule has 15 heavy (non-hydrogen) atoms. The van der Waals surface area contributed by atoms with Crippen molar-refractivity contribution in [2.75, 3.05) is 0 Å². The van der Waals surface area contributed by atoms with Crippen LogP contribution in [0.15, 0.2) is 11.6 Å². The first-order chi connectivity index (χ1) is 7.22. The summed E-state index contributed by atoms with van der Waals surface area (Å²) in [6.45, 7) is 1.53. The lowest BCUT2D eigenvalue weighted by molar-refractivity contribution is -0.117. The molecular formula is C13H20O2. The molecule has 0 unspecified atom stereocenters. The van der Waals surface area contributed by atoms with Crippen molar-refractivity contribution in [3.05, 3.63) is 11.6 Å². The first kappa shape index (κ1) is 12.2. The van der Waals surface area contributed by atoms with Crippen molar-refractivity contribution in [1.82, 2.24) is 0 Å². The van der Waals surface area contributed by atoms with Gasteiger partial charge in [-0.15, -0.1) is 0 Å². The van der Waals surface area contributed by atoms with Gasteiger partial charge in [0.1, 0.15) is 12.1 Å². The number of allylic oxidation sites excluding steroid dienone is 2. The maximum atomic E-state index is 10.9. The van der Waals surface area contributed by atoms with Crippen LogP contribution in [0.2, 0.25) is 0 Å². The van der Waals surface area contributed by atoms with E-state index >= 15 is 0 Å². The minimum Gasteiger partial charge on any atom is -0.300 e. The summed E-state index contributed by atoms with van der Waals surface area (Å²) in [5.41, 5.74) is 0.660. The van der Waals surface area contributed by atoms with E-state index in [1.54, 1.807) is 0 Å². The molecule has 1 rings (SSSR count). The van der Waals surface area contributed by atoms with Crippen LogP contribution in [0.25, 0.3) is 0 Å². The molecule has 2 nitrogen and oxygen atoms in total. The zero-order valence-corrected chi connectivity index (χ0v) is 9.50. The maximum Gasteiger partial charge on any atom is 0.146 e. The third-order valence-corrected chi connectivity index (χ3v) is 3.04. The lowest BCUT2D eigenvalue weighted by Crippen LogP contribution is -2.05. The van der Waals surface area contributed by atoms with Gasteiger partial charge in [0.25, 0.3) is 0 Å². The second-order valence-corrected chi connectivity index (χ2v) is 4.52. The normalized spacial score (nSPS) is 18.9. The standard InChI is InChI=1S/C13H20O2/c1-11(15)9-13(10-14)8-7-12-5-3-2-4-6-12/h8,10,12H,2-7,9H2,1H3/b13-8+. The molecule has 1 aliphatic carbocycles. The van der Waals surface area contributed by atoms with Crippen LogP contribution in [-0.4, -0.2) is 12.1 Å². The predicted octanol–water partition coefficient (Wildman–Crippen LogP) is 3.06. The van der Waals surface area contributed by atoms with Crippen LogP contribution in [0.3, 0.4) is 0 Å². The molecule has 0 atom stereocenters. The van der Waals surface area contributed by atoms with Gasteiger partial charge in [-0.2, -0.15) is 0 Å². The molecule has 1 saturated carbocycles. The Bertz CT molecular complexity index is 247. The molecule has 0 aliphatic heterocycles. The van der Waals surface area contributed by atoms with Gasteiger partial charge < -0.3 is 0 Å². The summed E-state index contributed by atoms with van der Waals surface area (Å²) in [7, 11) is 0. The second-order valence-electron chi connectivity index (χ2n) is 4.52. The molecule has 2 heteroatoms. The van der Waals surface area contributed by atoms with E-state index in [1.165, 1.54) is 39.0 Å². The third-order valence-electron chi connectivity index (χ3n) is 3.04. The van der Waals surface area contributed by atoms with E-state index in [4.69, 9.17) is 0 Å². The molecule has 0 N–H and O–H groups in total. The highest BCUT2D eigenvalue weighted by atomic mass is 16.1. The zero-order chi connectivity index (χ0) is 11.1. The van der Waals surface area contributed by atoms with Crippen molar-refractivity contribution in [2.45, 2.75) is 51.9 Å². The Morgan fingerprint density at radius 3 is 2.47 bits per heavy atom. The molecule has 0 heterocycles. The number of aldehydes is 1. The van der Waals surface area contributed by atoms with E-state index in [1.807, 2.05) is 6.08 Å². The SMILES string of the molecule is CC(=O)C/C(C=O)=C\CC1CCCCC1. The van der Waals surface area contributed by atoms with Gasteiger partial charge in [0, 0.05) is 6.42 Å². The Labute approximate surface area is 91.7 Å². The van der Waals surface area contributed by atoms with E-state index in [0.717, 1.165) is 18.6 Å². The van der Waals surface area contributed by atoms with Crippen molar-refractivity contribution in [1.29, 1.82) is 0 Å². The molecular weight excluding hydrogens is 188 g/mol. The van der Waals surface area contributed by atoms with Crippen LogP contribution in [0.5, 0.6) is 0 Å². The molecule has 0 aromatic rings. The van der Waals surface area contributed by atoms with E-state index < -0.39 is 0 Å². The van der Waals surface area contributed by atoms with Gasteiger partial charge in [0.2, 0.25) is 0 Å². The second kappa shape index (κ2) is 6.54. The Morgan fingerprint density at radius 1 is 1.27 bits per heavy atom. The number of hydrogen-bond acceptors (Lipinski definition) is 2. The number of hydrogen-bond donors (Lipinski definition) is 0. The van der Waals surface area contributed by atoms with Crippen LogP contribution >= 0.6 is 0 Å². The van der Waals surface area contributed by atoms with Crippen LogP contribution < -0.4 is 0 Å². The van der Waals surface area contributed by atoms with Crippen LogP contribution in [0, 0.1) is 5.92 Å². The summed E-state index contributed by atoms with van der Waals surface area (Å²) in [4.78, 5) is 21.6. The number of carbonyl (C=O) groups is 2. The molecule has 0 radical (unpaired) electrons. The Morgan fingerprint density at radius 2 is 1.93 bits per heavy atom. The topological polar surface area (TPSA) is 34.1 Å². The quantitative estimate of drug-likeness (QED) is 0.514. The van der Waals surface area contributed by atoms with Crippen molar-refractivity contribution in [2.24, 2.45) is 5.92 Å². The van der Waals surface area contributed by atoms with Gasteiger partial charge in [-0.05, 0) is 24.8 Å². The van der Waals surface area contributed by atoms with Gasteiger partial charge in [-0.1, -0.05) is 38.2 Å². The van der Waals surface area contributed by atoms with Crippen LogP contribution in [0.1, 0.15) is 51.9 Å². The maximum absolute atomic E-state index is 10.9. The fourth-order valence-electron chi connectivity index (χ4n) is 2.19. The van der Waals surface area contributed by atoms with Gasteiger partial charge in [-0.25, -0.2) is 0 Å². The summed E-state index contributed by atoms with van der Waals surface area (Å²) in [6, 6.07) is 0. The van der Waals surface area contributed by atoms with E-state index in [9.17, 15) is 9.59 Å². The number of ketones is 1. The molecule has 0 bridgehead atoms. The number of carbonyl (C=O) groups excluding carboxylic acids is 2. The highest BCUT2D eigenvalue weighted by molar-refractivity contribution is 5.87. The lowest BCUT2D eigenvalue weighted by atomic mass is 9.86. The smallest absolute Gasteiger partial charge is 0.146 e. The van der Waals surface area contributed by atoms with Crippen molar-refractivity contribution in [3.8, 4) is 0 Å². The van der Waals surface area contributed by atoms with Crippen LogP contribution in [0.4, 0.5) is 0 Å². The molecule has 0 aromatic carbocycles. The number of rotatable bonds is 5. The van der Waals surface area contributed by atoms with Gasteiger partial charge in [0.05, 0.1) is 0 Å². The summed E-state index contributed by atoms with van der Waals surface area (Å²) < 4.78 is 0.